The monoisotopic (exact) mass is 327 g/mol. The van der Waals surface area contributed by atoms with Gasteiger partial charge in [0.05, 0.1) is 16.7 Å². The quantitative estimate of drug-likeness (QED) is 0.813. The first-order chi connectivity index (χ1) is 11.1. The molecule has 3 rings (SSSR count). The zero-order valence-electron chi connectivity index (χ0n) is 13.5. The average Bonchev–Trinajstić information content (AvgIpc) is 2.99. The van der Waals surface area contributed by atoms with Crippen LogP contribution in [-0.2, 0) is 4.79 Å². The van der Waals surface area contributed by atoms with Crippen molar-refractivity contribution in [1.29, 1.82) is 0 Å². The topological polar surface area (TPSA) is 36.4 Å². The van der Waals surface area contributed by atoms with Gasteiger partial charge in [-0.3, -0.25) is 4.79 Å². The molecule has 0 radical (unpaired) electrons. The number of aromatic nitrogens is 1. The van der Waals surface area contributed by atoms with E-state index in [9.17, 15) is 4.79 Å². The second kappa shape index (κ2) is 7.06. The normalized spacial score (nSPS) is 19.4. The van der Waals surface area contributed by atoms with E-state index in [4.69, 9.17) is 0 Å². The molecule has 0 bridgehead atoms. The van der Waals surface area contributed by atoms with Gasteiger partial charge in [0.1, 0.15) is 0 Å². The summed E-state index contributed by atoms with van der Waals surface area (Å²) in [5.41, 5.74) is 2.04. The second-order valence-electron chi connectivity index (χ2n) is 5.85. The number of piperazine rings is 1. The van der Waals surface area contributed by atoms with Gasteiger partial charge in [0.25, 0.3) is 0 Å². The van der Waals surface area contributed by atoms with E-state index < -0.39 is 0 Å². The maximum Gasteiger partial charge on any atom is 0.247 e. The molecule has 4 nitrogen and oxygen atoms in total. The zero-order valence-corrected chi connectivity index (χ0v) is 14.3. The van der Waals surface area contributed by atoms with Crippen molar-refractivity contribution >= 4 is 23.3 Å². The summed E-state index contributed by atoms with van der Waals surface area (Å²) >= 11 is 1.60. The second-order valence-corrected chi connectivity index (χ2v) is 6.91. The Kier molecular flexibility index (Phi) is 4.88. The van der Waals surface area contributed by atoms with E-state index >= 15 is 0 Å². The van der Waals surface area contributed by atoms with E-state index in [1.54, 1.807) is 17.4 Å². The van der Waals surface area contributed by atoms with Gasteiger partial charge in [0, 0.05) is 31.1 Å². The van der Waals surface area contributed by atoms with E-state index in [1.807, 2.05) is 41.5 Å². The van der Waals surface area contributed by atoms with Gasteiger partial charge < -0.3 is 9.80 Å². The van der Waals surface area contributed by atoms with Gasteiger partial charge in [-0.1, -0.05) is 30.3 Å². The van der Waals surface area contributed by atoms with Gasteiger partial charge in [0.2, 0.25) is 5.91 Å². The lowest BCUT2D eigenvalue weighted by Crippen LogP contribution is -2.48. The highest BCUT2D eigenvalue weighted by atomic mass is 32.1. The molecular formula is C18H21N3OS. The Bertz CT molecular complexity index is 695. The molecular weight excluding hydrogens is 306 g/mol. The van der Waals surface area contributed by atoms with E-state index in [-0.39, 0.29) is 11.9 Å². The third-order valence-electron chi connectivity index (χ3n) is 4.08. The molecule has 0 aliphatic carbocycles. The van der Waals surface area contributed by atoms with Gasteiger partial charge in [0.15, 0.2) is 0 Å². The molecule has 1 amide bonds. The van der Waals surface area contributed by atoms with Crippen LogP contribution in [0.15, 0.2) is 41.8 Å². The zero-order chi connectivity index (χ0) is 16.2. The molecule has 5 heteroatoms. The first-order valence-corrected chi connectivity index (χ1v) is 8.66. The number of carbonyl (C=O) groups excluding carboxylic acids is 1. The molecule has 2 heterocycles. The van der Waals surface area contributed by atoms with Crippen LogP contribution >= 0.6 is 11.3 Å². The van der Waals surface area contributed by atoms with Crippen LogP contribution in [0.1, 0.15) is 22.3 Å². The number of amides is 1. The number of carbonyl (C=O) groups is 1. The fraction of sp³-hybridized carbons (Fsp3) is 0.333. The predicted molar refractivity (Wildman–Crippen MR) is 94.3 cm³/mol. The fourth-order valence-electron chi connectivity index (χ4n) is 2.85. The fourth-order valence-corrected chi connectivity index (χ4v) is 3.43. The maximum atomic E-state index is 12.7. The van der Waals surface area contributed by atoms with Crippen molar-refractivity contribution < 1.29 is 4.79 Å². The first-order valence-electron chi connectivity index (χ1n) is 7.78. The minimum Gasteiger partial charge on any atom is -0.330 e. The molecule has 1 fully saturated rings. The molecule has 120 valence electrons. The van der Waals surface area contributed by atoms with Crippen molar-refractivity contribution in [2.75, 3.05) is 26.7 Å². The standard InChI is InChI=1S/C18H21N3OS/c1-14-19-16(13-23-14)8-9-18(22)21-11-10-20(2)12-17(21)15-6-4-3-5-7-15/h3-9,13,17H,10-12H2,1-2H3. The third kappa shape index (κ3) is 3.86. The highest BCUT2D eigenvalue weighted by molar-refractivity contribution is 7.09. The number of aryl methyl sites for hydroxylation is 1. The predicted octanol–water partition coefficient (Wildman–Crippen LogP) is 2.98. The van der Waals surface area contributed by atoms with E-state index in [0.717, 1.165) is 30.3 Å². The SMILES string of the molecule is Cc1nc(C=CC(=O)N2CCN(C)CC2c2ccccc2)cs1. The van der Waals surface area contributed by atoms with Crippen LogP contribution in [0.4, 0.5) is 0 Å². The van der Waals surface area contributed by atoms with Crippen molar-refractivity contribution in [3.63, 3.8) is 0 Å². The lowest BCUT2D eigenvalue weighted by Gasteiger charge is -2.39. The number of hydrogen-bond donors (Lipinski definition) is 0. The Morgan fingerprint density at radius 3 is 2.78 bits per heavy atom. The summed E-state index contributed by atoms with van der Waals surface area (Å²) in [5, 5.41) is 2.98. The van der Waals surface area contributed by atoms with Crippen molar-refractivity contribution in [3.8, 4) is 0 Å². The molecule has 1 saturated heterocycles. The highest BCUT2D eigenvalue weighted by Crippen LogP contribution is 2.25. The van der Waals surface area contributed by atoms with Crippen LogP contribution < -0.4 is 0 Å². The van der Waals surface area contributed by atoms with Crippen molar-refractivity contribution in [2.45, 2.75) is 13.0 Å². The molecule has 1 aromatic heterocycles. The van der Waals surface area contributed by atoms with E-state index in [0.29, 0.717) is 0 Å². The summed E-state index contributed by atoms with van der Waals surface area (Å²) < 4.78 is 0. The Hall–Kier alpha value is -1.98. The van der Waals surface area contributed by atoms with Crippen molar-refractivity contribution in [1.82, 2.24) is 14.8 Å². The van der Waals surface area contributed by atoms with Crippen LogP contribution in [0.3, 0.4) is 0 Å². The number of thiazole rings is 1. The van der Waals surface area contributed by atoms with E-state index in [2.05, 4.69) is 29.1 Å². The number of hydrogen-bond acceptors (Lipinski definition) is 4. The summed E-state index contributed by atoms with van der Waals surface area (Å²) in [6, 6.07) is 10.4. The molecule has 1 atom stereocenters. The van der Waals surface area contributed by atoms with Gasteiger partial charge >= 0.3 is 0 Å². The van der Waals surface area contributed by atoms with Crippen LogP contribution in [0.25, 0.3) is 6.08 Å². The van der Waals surface area contributed by atoms with Crippen molar-refractivity contribution in [2.24, 2.45) is 0 Å². The van der Waals surface area contributed by atoms with Gasteiger partial charge in [-0.15, -0.1) is 11.3 Å². The maximum absolute atomic E-state index is 12.7. The van der Waals surface area contributed by atoms with Crippen LogP contribution in [-0.4, -0.2) is 47.4 Å². The number of benzene rings is 1. The lowest BCUT2D eigenvalue weighted by atomic mass is 10.0. The molecule has 23 heavy (non-hydrogen) atoms. The van der Waals surface area contributed by atoms with Crippen LogP contribution in [0, 0.1) is 6.92 Å². The van der Waals surface area contributed by atoms with Crippen molar-refractivity contribution in [3.05, 3.63) is 58.1 Å². The minimum absolute atomic E-state index is 0.0533. The number of rotatable bonds is 3. The Labute approximate surface area is 141 Å². The molecule has 0 saturated carbocycles. The van der Waals surface area contributed by atoms with Gasteiger partial charge in [-0.25, -0.2) is 4.98 Å². The van der Waals surface area contributed by atoms with Gasteiger partial charge in [-0.2, -0.15) is 0 Å². The summed E-state index contributed by atoms with van der Waals surface area (Å²) in [6.45, 7) is 4.48. The van der Waals surface area contributed by atoms with Crippen LogP contribution in [0.2, 0.25) is 0 Å². The summed E-state index contributed by atoms with van der Waals surface area (Å²) in [4.78, 5) is 21.3. The Balaban J connectivity index is 1.78. The Morgan fingerprint density at radius 2 is 2.09 bits per heavy atom. The molecule has 0 spiro atoms. The molecule has 2 aromatic rings. The molecule has 1 aromatic carbocycles. The summed E-state index contributed by atoms with van der Waals surface area (Å²) in [6.07, 6.45) is 3.46. The number of nitrogens with zero attached hydrogens (tertiary/aromatic N) is 3. The van der Waals surface area contributed by atoms with Gasteiger partial charge in [-0.05, 0) is 25.6 Å². The number of likely N-dealkylation sites (N-methyl/N-ethyl adjacent to an activating group) is 1. The molecule has 1 aliphatic rings. The summed E-state index contributed by atoms with van der Waals surface area (Å²) in [7, 11) is 2.10. The third-order valence-corrected chi connectivity index (χ3v) is 4.88. The molecule has 1 unspecified atom stereocenters. The largest absolute Gasteiger partial charge is 0.330 e. The van der Waals surface area contributed by atoms with E-state index in [1.165, 1.54) is 5.56 Å². The highest BCUT2D eigenvalue weighted by Gasteiger charge is 2.28. The Morgan fingerprint density at radius 1 is 1.30 bits per heavy atom. The molecule has 1 aliphatic heterocycles. The smallest absolute Gasteiger partial charge is 0.247 e. The minimum atomic E-state index is 0.0533. The van der Waals surface area contributed by atoms with Crippen LogP contribution in [0.5, 0.6) is 0 Å². The lowest BCUT2D eigenvalue weighted by molar-refractivity contribution is -0.130. The molecule has 0 N–H and O–H groups in total. The first kappa shape index (κ1) is 15.9. The average molecular weight is 327 g/mol. The summed E-state index contributed by atoms with van der Waals surface area (Å²) in [5.74, 6) is 0.0533.